The summed E-state index contributed by atoms with van der Waals surface area (Å²) in [5.41, 5.74) is 1.27. The first-order chi connectivity index (χ1) is 8.61. The van der Waals surface area contributed by atoms with Crippen molar-refractivity contribution in [1.82, 2.24) is 4.57 Å². The van der Waals surface area contributed by atoms with Crippen LogP contribution in [-0.2, 0) is 0 Å². The number of aromatic nitrogens is 1. The Morgan fingerprint density at radius 1 is 1.06 bits per heavy atom. The Morgan fingerprint density at radius 3 is 2.33 bits per heavy atom. The first-order valence-electron chi connectivity index (χ1n) is 5.88. The molecule has 3 heteroatoms. The molecule has 1 aromatic carbocycles. The van der Waals surface area contributed by atoms with Crippen molar-refractivity contribution in [3.8, 4) is 0 Å². The van der Waals surface area contributed by atoms with Crippen LogP contribution >= 0.6 is 0 Å². The summed E-state index contributed by atoms with van der Waals surface area (Å²) in [5.74, 6) is -0.0491. The van der Waals surface area contributed by atoms with E-state index >= 15 is 0 Å². The molecular weight excluding hydrogens is 226 g/mol. The van der Waals surface area contributed by atoms with Gasteiger partial charge in [-0.1, -0.05) is 36.4 Å². The standard InChI is InChI=1S/C15H15NO2/c1-11-7-6-10-14(17)16(11)12(2)15(18)13-8-4-3-5-9-13/h3-10,12H,1-2H3. The van der Waals surface area contributed by atoms with Gasteiger partial charge in [-0.3, -0.25) is 9.59 Å². The topological polar surface area (TPSA) is 39.1 Å². The minimum absolute atomic E-state index is 0.0491. The van der Waals surface area contributed by atoms with Crippen molar-refractivity contribution in [3.63, 3.8) is 0 Å². The van der Waals surface area contributed by atoms with Gasteiger partial charge in [-0.2, -0.15) is 0 Å². The fraction of sp³-hybridized carbons (Fsp3) is 0.200. The van der Waals surface area contributed by atoms with E-state index in [2.05, 4.69) is 0 Å². The number of rotatable bonds is 3. The van der Waals surface area contributed by atoms with Gasteiger partial charge < -0.3 is 4.57 Å². The van der Waals surface area contributed by atoms with Crippen LogP contribution in [0.3, 0.4) is 0 Å². The first kappa shape index (κ1) is 12.3. The summed E-state index contributed by atoms with van der Waals surface area (Å²) in [5, 5.41) is 0. The summed E-state index contributed by atoms with van der Waals surface area (Å²) < 4.78 is 1.52. The molecule has 18 heavy (non-hydrogen) atoms. The molecule has 0 fully saturated rings. The SMILES string of the molecule is Cc1cccc(=O)n1C(C)C(=O)c1ccccc1. The lowest BCUT2D eigenvalue weighted by Gasteiger charge is -2.16. The van der Waals surface area contributed by atoms with E-state index < -0.39 is 6.04 Å². The third-order valence-electron chi connectivity index (χ3n) is 3.02. The number of carbonyl (C=O) groups excluding carboxylic acids is 1. The van der Waals surface area contributed by atoms with Crippen LogP contribution in [0.25, 0.3) is 0 Å². The second-order valence-electron chi connectivity index (χ2n) is 4.28. The monoisotopic (exact) mass is 241 g/mol. The van der Waals surface area contributed by atoms with Crippen LogP contribution in [0.15, 0.2) is 53.3 Å². The van der Waals surface area contributed by atoms with Crippen LogP contribution in [0.2, 0.25) is 0 Å². The number of aryl methyl sites for hydroxylation is 1. The van der Waals surface area contributed by atoms with Crippen molar-refractivity contribution in [3.05, 3.63) is 70.1 Å². The number of carbonyl (C=O) groups is 1. The van der Waals surface area contributed by atoms with Crippen molar-refractivity contribution >= 4 is 5.78 Å². The predicted molar refractivity (Wildman–Crippen MR) is 70.9 cm³/mol. The third kappa shape index (κ3) is 2.25. The van der Waals surface area contributed by atoms with Crippen molar-refractivity contribution < 1.29 is 4.79 Å². The molecule has 0 aliphatic heterocycles. The molecule has 1 heterocycles. The van der Waals surface area contributed by atoms with Crippen LogP contribution < -0.4 is 5.56 Å². The molecule has 0 saturated heterocycles. The molecule has 0 aliphatic carbocycles. The zero-order chi connectivity index (χ0) is 13.1. The fourth-order valence-electron chi connectivity index (χ4n) is 2.06. The summed E-state index contributed by atoms with van der Waals surface area (Å²) in [6, 6.07) is 13.6. The highest BCUT2D eigenvalue weighted by atomic mass is 16.1. The fourth-order valence-corrected chi connectivity index (χ4v) is 2.06. The van der Waals surface area contributed by atoms with Crippen LogP contribution in [-0.4, -0.2) is 10.4 Å². The van der Waals surface area contributed by atoms with E-state index in [1.54, 1.807) is 25.1 Å². The third-order valence-corrected chi connectivity index (χ3v) is 3.02. The van der Waals surface area contributed by atoms with Gasteiger partial charge in [0.05, 0.1) is 6.04 Å². The van der Waals surface area contributed by atoms with E-state index in [-0.39, 0.29) is 11.3 Å². The average Bonchev–Trinajstić information content (AvgIpc) is 2.38. The largest absolute Gasteiger partial charge is 0.302 e. The minimum Gasteiger partial charge on any atom is -0.302 e. The maximum Gasteiger partial charge on any atom is 0.251 e. The Morgan fingerprint density at radius 2 is 1.72 bits per heavy atom. The van der Waals surface area contributed by atoms with Gasteiger partial charge in [-0.25, -0.2) is 0 Å². The van der Waals surface area contributed by atoms with E-state index in [1.807, 2.05) is 31.2 Å². The summed E-state index contributed by atoms with van der Waals surface area (Å²) in [4.78, 5) is 24.1. The van der Waals surface area contributed by atoms with E-state index in [1.165, 1.54) is 10.6 Å². The summed E-state index contributed by atoms with van der Waals surface area (Å²) in [6.45, 7) is 3.58. The maximum atomic E-state index is 12.3. The van der Waals surface area contributed by atoms with Gasteiger partial charge in [-0.15, -0.1) is 0 Å². The number of pyridine rings is 1. The molecule has 3 nitrogen and oxygen atoms in total. The lowest BCUT2D eigenvalue weighted by Crippen LogP contribution is -2.29. The molecule has 92 valence electrons. The number of hydrogen-bond acceptors (Lipinski definition) is 2. The molecule has 1 atom stereocenters. The Kier molecular flexibility index (Phi) is 3.42. The average molecular weight is 241 g/mol. The molecule has 1 unspecified atom stereocenters. The minimum atomic E-state index is -0.485. The van der Waals surface area contributed by atoms with Crippen molar-refractivity contribution in [2.24, 2.45) is 0 Å². The van der Waals surface area contributed by atoms with Crippen LogP contribution in [0, 0.1) is 6.92 Å². The Balaban J connectivity index is 2.41. The molecule has 0 amide bonds. The molecule has 0 saturated carbocycles. The van der Waals surface area contributed by atoms with Gasteiger partial charge in [0.2, 0.25) is 0 Å². The number of ketones is 1. The highest BCUT2D eigenvalue weighted by molar-refractivity contribution is 5.98. The molecule has 0 bridgehead atoms. The first-order valence-corrected chi connectivity index (χ1v) is 5.88. The molecule has 2 rings (SSSR count). The van der Waals surface area contributed by atoms with Gasteiger partial charge in [-0.05, 0) is 19.9 Å². The van der Waals surface area contributed by atoms with Crippen LogP contribution in [0.5, 0.6) is 0 Å². The van der Waals surface area contributed by atoms with E-state index in [9.17, 15) is 9.59 Å². The smallest absolute Gasteiger partial charge is 0.251 e. The highest BCUT2D eigenvalue weighted by Gasteiger charge is 2.18. The normalized spacial score (nSPS) is 12.1. The van der Waals surface area contributed by atoms with Gasteiger partial charge in [0.25, 0.3) is 5.56 Å². The molecular formula is C15H15NO2. The lowest BCUT2D eigenvalue weighted by atomic mass is 10.0. The zero-order valence-electron chi connectivity index (χ0n) is 10.5. The maximum absolute atomic E-state index is 12.3. The Hall–Kier alpha value is -2.16. The second-order valence-corrected chi connectivity index (χ2v) is 4.28. The summed E-state index contributed by atoms with van der Waals surface area (Å²) >= 11 is 0. The lowest BCUT2D eigenvalue weighted by molar-refractivity contribution is 0.0931. The molecule has 0 N–H and O–H groups in total. The van der Waals surface area contributed by atoms with Gasteiger partial charge >= 0.3 is 0 Å². The highest BCUT2D eigenvalue weighted by Crippen LogP contribution is 2.13. The summed E-state index contributed by atoms with van der Waals surface area (Å²) in [6.07, 6.45) is 0. The van der Waals surface area contributed by atoms with Gasteiger partial charge in [0.1, 0.15) is 0 Å². The number of hydrogen-bond donors (Lipinski definition) is 0. The molecule has 2 aromatic rings. The number of Topliss-reactive ketones (excluding diaryl/α,β-unsaturated/α-hetero) is 1. The number of benzene rings is 1. The summed E-state index contributed by atoms with van der Waals surface area (Å²) in [7, 11) is 0. The van der Waals surface area contributed by atoms with Crippen molar-refractivity contribution in [2.45, 2.75) is 19.9 Å². The van der Waals surface area contributed by atoms with Crippen molar-refractivity contribution in [1.29, 1.82) is 0 Å². The van der Waals surface area contributed by atoms with E-state index in [0.717, 1.165) is 5.69 Å². The second kappa shape index (κ2) is 5.00. The predicted octanol–water partition coefficient (Wildman–Crippen LogP) is 2.60. The van der Waals surface area contributed by atoms with E-state index in [4.69, 9.17) is 0 Å². The van der Waals surface area contributed by atoms with Crippen LogP contribution in [0.1, 0.15) is 29.0 Å². The van der Waals surface area contributed by atoms with Crippen molar-refractivity contribution in [2.75, 3.05) is 0 Å². The molecule has 0 aliphatic rings. The quantitative estimate of drug-likeness (QED) is 0.775. The van der Waals surface area contributed by atoms with Gasteiger partial charge in [0.15, 0.2) is 5.78 Å². The Bertz CT molecular complexity index is 614. The Labute approximate surface area is 106 Å². The number of nitrogens with zero attached hydrogens (tertiary/aromatic N) is 1. The molecule has 0 radical (unpaired) electrons. The molecule has 0 spiro atoms. The van der Waals surface area contributed by atoms with E-state index in [0.29, 0.717) is 5.56 Å². The van der Waals surface area contributed by atoms with Crippen LogP contribution in [0.4, 0.5) is 0 Å². The zero-order valence-corrected chi connectivity index (χ0v) is 10.5. The van der Waals surface area contributed by atoms with Gasteiger partial charge in [0, 0.05) is 17.3 Å². The molecule has 1 aromatic heterocycles.